The van der Waals surface area contributed by atoms with Crippen LogP contribution in [0.25, 0.3) is 0 Å². The summed E-state index contributed by atoms with van der Waals surface area (Å²) in [5.74, 6) is -0.118. The molecule has 90 valence electrons. The molecule has 0 bridgehead atoms. The van der Waals surface area contributed by atoms with Gasteiger partial charge in [-0.25, -0.2) is 4.39 Å². The second-order valence-corrected chi connectivity index (χ2v) is 4.29. The Morgan fingerprint density at radius 2 is 1.62 bits per heavy atom. The number of hydrogen-bond acceptors (Lipinski definition) is 1. The zero-order valence-electron chi connectivity index (χ0n) is 10.5. The molecule has 0 spiro atoms. The maximum atomic E-state index is 13.4. The predicted octanol–water partition coefficient (Wildman–Crippen LogP) is 3.88. The zero-order chi connectivity index (χ0) is 12.0. The molecule has 0 aliphatic heterocycles. The summed E-state index contributed by atoms with van der Waals surface area (Å²) in [6.07, 6.45) is 3.23. The van der Waals surface area contributed by atoms with Crippen LogP contribution in [0.4, 0.5) is 4.39 Å². The van der Waals surface area contributed by atoms with Crippen LogP contribution in [0.5, 0.6) is 0 Å². The second kappa shape index (κ2) is 6.00. The van der Waals surface area contributed by atoms with Gasteiger partial charge in [-0.1, -0.05) is 39.0 Å². The minimum absolute atomic E-state index is 0.118. The molecular weight excluding hydrogens is 201 g/mol. The average molecular weight is 223 g/mol. The molecule has 0 aromatic heterocycles. The first kappa shape index (κ1) is 13.2. The van der Waals surface area contributed by atoms with Crippen molar-refractivity contribution in [3.63, 3.8) is 0 Å². The van der Waals surface area contributed by atoms with Crippen molar-refractivity contribution in [2.45, 2.75) is 52.1 Å². The minimum atomic E-state index is -0.118. The van der Waals surface area contributed by atoms with Crippen LogP contribution in [-0.4, -0.2) is 5.54 Å². The van der Waals surface area contributed by atoms with Gasteiger partial charge in [0.05, 0.1) is 0 Å². The lowest BCUT2D eigenvalue weighted by atomic mass is 9.89. The summed E-state index contributed by atoms with van der Waals surface area (Å²) in [4.78, 5) is 0. The van der Waals surface area contributed by atoms with Crippen LogP contribution in [0.3, 0.4) is 0 Å². The monoisotopic (exact) mass is 223 g/mol. The molecule has 1 aromatic carbocycles. The quantitative estimate of drug-likeness (QED) is 0.771. The highest BCUT2D eigenvalue weighted by Gasteiger charge is 2.22. The van der Waals surface area contributed by atoms with Gasteiger partial charge in [-0.2, -0.15) is 0 Å². The van der Waals surface area contributed by atoms with Crippen molar-refractivity contribution < 1.29 is 4.39 Å². The molecule has 0 aliphatic rings. The van der Waals surface area contributed by atoms with Crippen molar-refractivity contribution in [2.75, 3.05) is 0 Å². The van der Waals surface area contributed by atoms with Gasteiger partial charge in [0.1, 0.15) is 5.82 Å². The molecule has 1 rings (SSSR count). The molecule has 0 atom stereocenters. The van der Waals surface area contributed by atoms with Crippen LogP contribution in [0.1, 0.15) is 45.6 Å². The Bertz CT molecular complexity index is 310. The maximum absolute atomic E-state index is 13.4. The van der Waals surface area contributed by atoms with Crippen LogP contribution < -0.4 is 5.32 Å². The third-order valence-corrected chi connectivity index (χ3v) is 3.64. The van der Waals surface area contributed by atoms with E-state index in [2.05, 4.69) is 26.1 Å². The van der Waals surface area contributed by atoms with Crippen LogP contribution >= 0.6 is 0 Å². The van der Waals surface area contributed by atoms with E-state index in [1.54, 1.807) is 6.07 Å². The van der Waals surface area contributed by atoms with Gasteiger partial charge in [0.2, 0.25) is 0 Å². The summed E-state index contributed by atoms with van der Waals surface area (Å²) < 4.78 is 13.4. The standard InChI is InChI=1S/C14H22FN/c1-4-14(5-2,6-3)16-11-12-9-7-8-10-13(12)15/h7-10,16H,4-6,11H2,1-3H3. The van der Waals surface area contributed by atoms with Crippen LogP contribution in [0, 0.1) is 5.82 Å². The fourth-order valence-corrected chi connectivity index (χ4v) is 2.05. The lowest BCUT2D eigenvalue weighted by molar-refractivity contribution is 0.286. The Kier molecular flexibility index (Phi) is 4.94. The molecule has 0 saturated carbocycles. The molecule has 0 fully saturated rings. The largest absolute Gasteiger partial charge is 0.307 e. The number of hydrogen-bond donors (Lipinski definition) is 1. The van der Waals surface area contributed by atoms with E-state index in [0.717, 1.165) is 24.8 Å². The van der Waals surface area contributed by atoms with E-state index in [0.29, 0.717) is 6.54 Å². The number of halogens is 1. The van der Waals surface area contributed by atoms with Crippen LogP contribution in [-0.2, 0) is 6.54 Å². The van der Waals surface area contributed by atoms with Gasteiger partial charge < -0.3 is 5.32 Å². The summed E-state index contributed by atoms with van der Waals surface area (Å²) in [6.45, 7) is 7.16. The summed E-state index contributed by atoms with van der Waals surface area (Å²) in [7, 11) is 0. The summed E-state index contributed by atoms with van der Waals surface area (Å²) >= 11 is 0. The Labute approximate surface area is 98.1 Å². The number of nitrogens with one attached hydrogen (secondary N) is 1. The third kappa shape index (κ3) is 3.05. The molecule has 1 aromatic rings. The minimum Gasteiger partial charge on any atom is -0.307 e. The van der Waals surface area contributed by atoms with E-state index in [4.69, 9.17) is 0 Å². The van der Waals surface area contributed by atoms with Crippen molar-refractivity contribution in [3.05, 3.63) is 35.6 Å². The van der Waals surface area contributed by atoms with Crippen LogP contribution in [0.15, 0.2) is 24.3 Å². The highest BCUT2D eigenvalue weighted by Crippen LogP contribution is 2.20. The number of benzene rings is 1. The lowest BCUT2D eigenvalue weighted by Crippen LogP contribution is -2.43. The topological polar surface area (TPSA) is 12.0 Å². The van der Waals surface area contributed by atoms with Crippen molar-refractivity contribution >= 4 is 0 Å². The molecule has 1 N–H and O–H groups in total. The van der Waals surface area contributed by atoms with E-state index in [1.165, 1.54) is 6.07 Å². The Hall–Kier alpha value is -0.890. The molecule has 0 unspecified atom stereocenters. The normalized spacial score (nSPS) is 11.8. The third-order valence-electron chi connectivity index (χ3n) is 3.64. The van der Waals surface area contributed by atoms with Gasteiger partial charge in [0, 0.05) is 17.6 Å². The first-order chi connectivity index (χ1) is 7.67. The molecule has 2 heteroatoms. The zero-order valence-corrected chi connectivity index (χ0v) is 10.5. The molecule has 0 aliphatic carbocycles. The summed E-state index contributed by atoms with van der Waals surface area (Å²) in [5, 5.41) is 3.50. The predicted molar refractivity (Wildman–Crippen MR) is 66.8 cm³/mol. The summed E-state index contributed by atoms with van der Waals surface area (Å²) in [5.41, 5.74) is 0.907. The van der Waals surface area contributed by atoms with Gasteiger partial charge in [0.15, 0.2) is 0 Å². The fourth-order valence-electron chi connectivity index (χ4n) is 2.05. The molecule has 16 heavy (non-hydrogen) atoms. The lowest BCUT2D eigenvalue weighted by Gasteiger charge is -2.32. The Morgan fingerprint density at radius 3 is 2.12 bits per heavy atom. The smallest absolute Gasteiger partial charge is 0.127 e. The van der Waals surface area contributed by atoms with E-state index < -0.39 is 0 Å². The van der Waals surface area contributed by atoms with Crippen LogP contribution in [0.2, 0.25) is 0 Å². The molecular formula is C14H22FN. The van der Waals surface area contributed by atoms with E-state index >= 15 is 0 Å². The Balaban J connectivity index is 2.66. The van der Waals surface area contributed by atoms with Gasteiger partial charge in [-0.3, -0.25) is 0 Å². The number of rotatable bonds is 6. The molecule has 0 heterocycles. The molecule has 0 saturated heterocycles. The Morgan fingerprint density at radius 1 is 1.06 bits per heavy atom. The van der Waals surface area contributed by atoms with Gasteiger partial charge >= 0.3 is 0 Å². The van der Waals surface area contributed by atoms with Gasteiger partial charge in [0.25, 0.3) is 0 Å². The van der Waals surface area contributed by atoms with Crippen molar-refractivity contribution in [1.82, 2.24) is 5.32 Å². The SMILES string of the molecule is CCC(CC)(CC)NCc1ccccc1F. The average Bonchev–Trinajstić information content (AvgIpc) is 2.34. The van der Waals surface area contributed by atoms with E-state index in [-0.39, 0.29) is 11.4 Å². The van der Waals surface area contributed by atoms with Gasteiger partial charge in [-0.15, -0.1) is 0 Å². The summed E-state index contributed by atoms with van der Waals surface area (Å²) in [6, 6.07) is 6.97. The first-order valence-corrected chi connectivity index (χ1v) is 6.16. The molecule has 1 nitrogen and oxygen atoms in total. The second-order valence-electron chi connectivity index (χ2n) is 4.29. The maximum Gasteiger partial charge on any atom is 0.127 e. The molecule has 0 radical (unpaired) electrons. The van der Waals surface area contributed by atoms with Crippen molar-refractivity contribution in [3.8, 4) is 0 Å². The van der Waals surface area contributed by atoms with Gasteiger partial charge in [-0.05, 0) is 25.3 Å². The van der Waals surface area contributed by atoms with E-state index in [9.17, 15) is 4.39 Å². The first-order valence-electron chi connectivity index (χ1n) is 6.16. The van der Waals surface area contributed by atoms with E-state index in [1.807, 2.05) is 12.1 Å². The highest BCUT2D eigenvalue weighted by atomic mass is 19.1. The fraction of sp³-hybridized carbons (Fsp3) is 0.571. The van der Waals surface area contributed by atoms with Crippen molar-refractivity contribution in [2.24, 2.45) is 0 Å². The molecule has 0 amide bonds. The highest BCUT2D eigenvalue weighted by molar-refractivity contribution is 5.17. The van der Waals surface area contributed by atoms with Crippen molar-refractivity contribution in [1.29, 1.82) is 0 Å².